The van der Waals surface area contributed by atoms with Gasteiger partial charge in [0.25, 0.3) is 0 Å². The third-order valence-electron chi connectivity index (χ3n) is 6.94. The predicted octanol–water partition coefficient (Wildman–Crippen LogP) is 4.03. The average Bonchev–Trinajstić information content (AvgIpc) is 3.54. The average molecular weight is 505 g/mol. The van der Waals surface area contributed by atoms with Crippen molar-refractivity contribution in [3.05, 3.63) is 87.9 Å². The van der Waals surface area contributed by atoms with Crippen LogP contribution in [0.4, 0.5) is 10.1 Å². The maximum atomic E-state index is 13.6. The number of hydrogen-bond acceptors (Lipinski definition) is 8. The summed E-state index contributed by atoms with van der Waals surface area (Å²) in [7, 11) is 3.03. The molecule has 37 heavy (non-hydrogen) atoms. The van der Waals surface area contributed by atoms with Crippen molar-refractivity contribution in [3.63, 3.8) is 0 Å². The van der Waals surface area contributed by atoms with Crippen molar-refractivity contribution >= 4 is 11.7 Å². The summed E-state index contributed by atoms with van der Waals surface area (Å²) in [5.41, 5.74) is 4.95. The van der Waals surface area contributed by atoms with Gasteiger partial charge in [0.15, 0.2) is 23.0 Å². The van der Waals surface area contributed by atoms with Crippen LogP contribution in [-0.4, -0.2) is 38.7 Å². The number of nitrogens with zero attached hydrogens (tertiary/aromatic N) is 1. The van der Waals surface area contributed by atoms with E-state index >= 15 is 0 Å². The molecule has 8 nitrogen and oxygen atoms in total. The lowest BCUT2D eigenvalue weighted by atomic mass is 9.79. The van der Waals surface area contributed by atoms with E-state index in [0.29, 0.717) is 46.4 Å². The number of carbonyl (C=O) groups excluding carboxylic acids is 1. The fourth-order valence-electron chi connectivity index (χ4n) is 5.28. The van der Waals surface area contributed by atoms with Crippen LogP contribution in [0.25, 0.3) is 0 Å². The highest BCUT2D eigenvalue weighted by atomic mass is 19.1. The normalized spacial score (nSPS) is 17.5. The van der Waals surface area contributed by atoms with Gasteiger partial charge in [-0.05, 0) is 47.0 Å². The lowest BCUT2D eigenvalue weighted by Gasteiger charge is -2.36. The Morgan fingerprint density at radius 2 is 1.78 bits per heavy atom. The number of carbonyl (C=O) groups is 1. The maximum Gasteiger partial charge on any atom is 0.337 e. The number of aliphatic hydroxyl groups is 1. The lowest BCUT2D eigenvalue weighted by Crippen LogP contribution is -2.31. The number of methoxy groups -OCH3 is 2. The van der Waals surface area contributed by atoms with Gasteiger partial charge in [-0.15, -0.1) is 0 Å². The smallest absolute Gasteiger partial charge is 0.337 e. The maximum absolute atomic E-state index is 13.6. The number of halogens is 1. The highest BCUT2D eigenvalue weighted by Crippen LogP contribution is 2.52. The van der Waals surface area contributed by atoms with Crippen LogP contribution in [0.3, 0.4) is 0 Å². The first-order chi connectivity index (χ1) is 18.0. The number of ether oxygens (including phenoxy) is 5. The van der Waals surface area contributed by atoms with Gasteiger partial charge in [0.2, 0.25) is 6.79 Å². The SMILES string of the molecule is COc1cc(C2C3=C(COC3=O)N(Cc3ccc(F)cc3)c3cc4c(cc32)OCO4)cc(CO)c1OC. The fourth-order valence-corrected chi connectivity index (χ4v) is 5.28. The first-order valence-electron chi connectivity index (χ1n) is 11.7. The highest BCUT2D eigenvalue weighted by molar-refractivity contribution is 5.98. The zero-order valence-corrected chi connectivity index (χ0v) is 20.2. The van der Waals surface area contributed by atoms with E-state index < -0.39 is 11.9 Å². The van der Waals surface area contributed by atoms with Crippen molar-refractivity contribution in [2.45, 2.75) is 19.1 Å². The Morgan fingerprint density at radius 3 is 2.49 bits per heavy atom. The van der Waals surface area contributed by atoms with Gasteiger partial charge in [-0.2, -0.15) is 0 Å². The van der Waals surface area contributed by atoms with Crippen LogP contribution < -0.4 is 23.8 Å². The van der Waals surface area contributed by atoms with E-state index in [1.54, 1.807) is 12.1 Å². The van der Waals surface area contributed by atoms with E-state index in [0.717, 1.165) is 22.4 Å². The van der Waals surface area contributed by atoms with Gasteiger partial charge in [-0.1, -0.05) is 12.1 Å². The number of rotatable bonds is 6. The Balaban J connectivity index is 1.57. The molecule has 0 fully saturated rings. The molecule has 3 aliphatic rings. The molecule has 6 rings (SSSR count). The summed E-state index contributed by atoms with van der Waals surface area (Å²) >= 11 is 0. The summed E-state index contributed by atoms with van der Waals surface area (Å²) in [5.74, 6) is 0.767. The van der Waals surface area contributed by atoms with Crippen molar-refractivity contribution in [1.82, 2.24) is 0 Å². The second kappa shape index (κ2) is 9.01. The van der Waals surface area contributed by atoms with Crippen molar-refractivity contribution in [1.29, 1.82) is 0 Å². The number of esters is 1. The molecule has 3 aliphatic heterocycles. The monoisotopic (exact) mass is 505 g/mol. The van der Waals surface area contributed by atoms with Crippen LogP contribution in [0.5, 0.6) is 23.0 Å². The van der Waals surface area contributed by atoms with Crippen LogP contribution in [0.15, 0.2) is 59.8 Å². The second-order valence-electron chi connectivity index (χ2n) is 8.92. The standard InChI is InChI=1S/C28H24FNO7/c1-33-24-8-16(7-17(12-31)27(24)34-2)25-19-9-22-23(37-14-36-22)10-20(19)30(21-13-35-28(32)26(21)25)11-15-3-5-18(29)6-4-15/h3-10,25,31H,11-14H2,1-2H3. The van der Waals surface area contributed by atoms with Crippen LogP contribution in [0.2, 0.25) is 0 Å². The zero-order chi connectivity index (χ0) is 25.7. The number of fused-ring (bicyclic) bond motifs is 2. The molecule has 0 radical (unpaired) electrons. The summed E-state index contributed by atoms with van der Waals surface area (Å²) in [6.07, 6.45) is 0. The number of hydrogen-bond donors (Lipinski definition) is 1. The number of aliphatic hydroxyl groups excluding tert-OH is 1. The summed E-state index contributed by atoms with van der Waals surface area (Å²) in [6, 6.07) is 13.7. The fraction of sp³-hybridized carbons (Fsp3) is 0.250. The number of benzene rings is 3. The molecule has 3 aromatic carbocycles. The molecule has 0 aromatic heterocycles. The minimum atomic E-state index is -0.524. The lowest BCUT2D eigenvalue weighted by molar-refractivity contribution is -0.136. The molecule has 190 valence electrons. The van der Waals surface area contributed by atoms with Crippen molar-refractivity contribution in [2.75, 3.05) is 32.5 Å². The Morgan fingerprint density at radius 1 is 1.03 bits per heavy atom. The van der Waals surface area contributed by atoms with Crippen LogP contribution >= 0.6 is 0 Å². The van der Waals surface area contributed by atoms with Crippen molar-refractivity contribution in [2.24, 2.45) is 0 Å². The van der Waals surface area contributed by atoms with E-state index in [2.05, 4.69) is 0 Å². The quantitative estimate of drug-likeness (QED) is 0.503. The van der Waals surface area contributed by atoms with E-state index in [1.807, 2.05) is 29.2 Å². The molecule has 0 bridgehead atoms. The molecular weight excluding hydrogens is 481 g/mol. The van der Waals surface area contributed by atoms with Gasteiger partial charge in [0.1, 0.15) is 12.4 Å². The third-order valence-corrected chi connectivity index (χ3v) is 6.94. The van der Waals surface area contributed by atoms with E-state index in [4.69, 9.17) is 23.7 Å². The largest absolute Gasteiger partial charge is 0.493 e. The Bertz CT molecular complexity index is 1410. The van der Waals surface area contributed by atoms with Crippen LogP contribution in [-0.2, 0) is 22.7 Å². The van der Waals surface area contributed by atoms with Crippen LogP contribution in [0, 0.1) is 5.82 Å². The second-order valence-corrected chi connectivity index (χ2v) is 8.92. The van der Waals surface area contributed by atoms with Gasteiger partial charge in [-0.25, -0.2) is 9.18 Å². The molecule has 9 heteroatoms. The summed E-state index contributed by atoms with van der Waals surface area (Å²) in [4.78, 5) is 15.2. The molecular formula is C28H24FNO7. The van der Waals surface area contributed by atoms with Crippen LogP contribution in [0.1, 0.15) is 28.2 Å². The summed E-state index contributed by atoms with van der Waals surface area (Å²) < 4.78 is 41.5. The van der Waals surface area contributed by atoms with Crippen molar-refractivity contribution < 1.29 is 38.0 Å². The van der Waals surface area contributed by atoms with Gasteiger partial charge in [0, 0.05) is 29.8 Å². The molecule has 0 amide bonds. The minimum absolute atomic E-state index is 0.0971. The molecule has 3 heterocycles. The minimum Gasteiger partial charge on any atom is -0.493 e. The molecule has 0 saturated carbocycles. The summed E-state index contributed by atoms with van der Waals surface area (Å²) in [5, 5.41) is 10.1. The number of anilines is 1. The van der Waals surface area contributed by atoms with Gasteiger partial charge in [-0.3, -0.25) is 0 Å². The first kappa shape index (κ1) is 23.2. The molecule has 1 atom stereocenters. The van der Waals surface area contributed by atoms with Crippen molar-refractivity contribution in [3.8, 4) is 23.0 Å². The third kappa shape index (κ3) is 3.74. The molecule has 0 aliphatic carbocycles. The molecule has 1 unspecified atom stereocenters. The predicted molar refractivity (Wildman–Crippen MR) is 130 cm³/mol. The summed E-state index contributed by atoms with van der Waals surface area (Å²) in [6.45, 7) is 0.311. The highest BCUT2D eigenvalue weighted by Gasteiger charge is 2.43. The Hall–Kier alpha value is -4.24. The van der Waals surface area contributed by atoms with E-state index in [9.17, 15) is 14.3 Å². The number of cyclic esters (lactones) is 1. The van der Waals surface area contributed by atoms with E-state index in [-0.39, 0.29) is 25.8 Å². The van der Waals surface area contributed by atoms with Gasteiger partial charge < -0.3 is 33.7 Å². The zero-order valence-electron chi connectivity index (χ0n) is 20.2. The molecule has 0 saturated heterocycles. The molecule has 1 N–H and O–H groups in total. The topological polar surface area (TPSA) is 86.7 Å². The molecule has 3 aromatic rings. The molecule has 0 spiro atoms. The Kier molecular flexibility index (Phi) is 5.64. The van der Waals surface area contributed by atoms with Gasteiger partial charge in [0.05, 0.1) is 32.1 Å². The van der Waals surface area contributed by atoms with E-state index in [1.165, 1.54) is 26.4 Å². The van der Waals surface area contributed by atoms with Gasteiger partial charge >= 0.3 is 5.97 Å². The first-order valence-corrected chi connectivity index (χ1v) is 11.7. The Labute approximate surface area is 212 Å².